The van der Waals surface area contributed by atoms with Gasteiger partial charge in [0.05, 0.1) is 6.61 Å². The zero-order valence-electron chi connectivity index (χ0n) is 10.7. The van der Waals surface area contributed by atoms with Gasteiger partial charge in [-0.15, -0.1) is 0 Å². The fourth-order valence-electron chi connectivity index (χ4n) is 2.59. The van der Waals surface area contributed by atoms with E-state index in [4.69, 9.17) is 11.6 Å². The number of anilines is 1. The van der Waals surface area contributed by atoms with Crippen molar-refractivity contribution in [1.82, 2.24) is 9.97 Å². The number of hydrogen-bond donors (Lipinski definition) is 2. The maximum Gasteiger partial charge on any atom is 0.224 e. The summed E-state index contributed by atoms with van der Waals surface area (Å²) in [7, 11) is 0. The maximum absolute atomic E-state index is 9.63. The third-order valence-corrected chi connectivity index (χ3v) is 3.89. The van der Waals surface area contributed by atoms with Gasteiger partial charge < -0.3 is 10.4 Å². The second-order valence-electron chi connectivity index (χ2n) is 5.24. The van der Waals surface area contributed by atoms with Gasteiger partial charge in [-0.05, 0) is 31.4 Å². The highest BCUT2D eigenvalue weighted by molar-refractivity contribution is 6.28. The molecule has 0 saturated heterocycles. The molecule has 1 fully saturated rings. The minimum absolute atomic E-state index is 0.00355. The molecule has 1 saturated carbocycles. The van der Waals surface area contributed by atoms with E-state index in [0.29, 0.717) is 0 Å². The van der Waals surface area contributed by atoms with Gasteiger partial charge in [-0.3, -0.25) is 0 Å². The highest BCUT2D eigenvalue weighted by Crippen LogP contribution is 2.35. The maximum atomic E-state index is 9.63. The van der Waals surface area contributed by atoms with E-state index in [9.17, 15) is 5.11 Å². The minimum atomic E-state index is 0.00355. The van der Waals surface area contributed by atoms with Crippen molar-refractivity contribution >= 4 is 17.4 Å². The van der Waals surface area contributed by atoms with Crippen molar-refractivity contribution in [2.75, 3.05) is 18.5 Å². The fourth-order valence-corrected chi connectivity index (χ4v) is 2.82. The standard InChI is InChI=1S/C13H20ClN3O/c1-10-7-11(17-12(14)16-10)15-8-13(9-18)5-3-2-4-6-13/h7,18H,2-6,8-9H2,1H3,(H,15,16,17). The van der Waals surface area contributed by atoms with E-state index >= 15 is 0 Å². The molecule has 18 heavy (non-hydrogen) atoms. The Hall–Kier alpha value is -0.870. The van der Waals surface area contributed by atoms with E-state index in [0.717, 1.165) is 30.9 Å². The topological polar surface area (TPSA) is 58.0 Å². The molecule has 0 unspecified atom stereocenters. The molecule has 1 aliphatic rings. The average Bonchev–Trinajstić information content (AvgIpc) is 2.36. The Kier molecular flexibility index (Phi) is 4.40. The minimum Gasteiger partial charge on any atom is -0.396 e. The Bertz CT molecular complexity index is 385. The first-order valence-corrected chi connectivity index (χ1v) is 6.87. The smallest absolute Gasteiger partial charge is 0.224 e. The fraction of sp³-hybridized carbons (Fsp3) is 0.692. The number of nitrogens with one attached hydrogen (secondary N) is 1. The van der Waals surface area contributed by atoms with E-state index in [2.05, 4.69) is 15.3 Å². The number of halogens is 1. The summed E-state index contributed by atoms with van der Waals surface area (Å²) in [5, 5.41) is 13.2. The molecule has 1 aromatic heterocycles. The van der Waals surface area contributed by atoms with E-state index < -0.39 is 0 Å². The van der Waals surface area contributed by atoms with E-state index in [1.807, 2.05) is 13.0 Å². The lowest BCUT2D eigenvalue weighted by Gasteiger charge is -2.35. The van der Waals surface area contributed by atoms with Gasteiger partial charge in [-0.25, -0.2) is 9.97 Å². The molecule has 5 heteroatoms. The first-order chi connectivity index (χ1) is 8.63. The van der Waals surface area contributed by atoms with Gasteiger partial charge in [-0.1, -0.05) is 19.3 Å². The van der Waals surface area contributed by atoms with Gasteiger partial charge >= 0.3 is 0 Å². The summed E-state index contributed by atoms with van der Waals surface area (Å²) in [5.41, 5.74) is 0.850. The van der Waals surface area contributed by atoms with Crippen LogP contribution in [0.25, 0.3) is 0 Å². The molecule has 0 amide bonds. The van der Waals surface area contributed by atoms with Crippen LogP contribution < -0.4 is 5.32 Å². The summed E-state index contributed by atoms with van der Waals surface area (Å²) in [6.45, 7) is 2.87. The van der Waals surface area contributed by atoms with E-state index in [-0.39, 0.29) is 17.3 Å². The predicted molar refractivity (Wildman–Crippen MR) is 72.9 cm³/mol. The summed E-state index contributed by atoms with van der Waals surface area (Å²) in [6, 6.07) is 1.87. The zero-order valence-corrected chi connectivity index (χ0v) is 11.5. The van der Waals surface area contributed by atoms with Gasteiger partial charge in [0.15, 0.2) is 0 Å². The van der Waals surface area contributed by atoms with Gasteiger partial charge in [0.2, 0.25) is 5.28 Å². The van der Waals surface area contributed by atoms with Gasteiger partial charge in [0, 0.05) is 23.7 Å². The SMILES string of the molecule is Cc1cc(NCC2(CO)CCCCC2)nc(Cl)n1. The molecule has 100 valence electrons. The third-order valence-electron chi connectivity index (χ3n) is 3.72. The number of aromatic nitrogens is 2. The number of hydrogen-bond acceptors (Lipinski definition) is 4. The van der Waals surface area contributed by atoms with E-state index in [1.165, 1.54) is 19.3 Å². The van der Waals surface area contributed by atoms with Crippen LogP contribution in [0.2, 0.25) is 5.28 Å². The Morgan fingerprint density at radius 2 is 2.06 bits per heavy atom. The summed E-state index contributed by atoms with van der Waals surface area (Å²) < 4.78 is 0. The van der Waals surface area contributed by atoms with Gasteiger partial charge in [0.25, 0.3) is 0 Å². The van der Waals surface area contributed by atoms with Crippen LogP contribution in [0, 0.1) is 12.3 Å². The number of aliphatic hydroxyl groups is 1. The van der Waals surface area contributed by atoms with Crippen LogP contribution >= 0.6 is 11.6 Å². The van der Waals surface area contributed by atoms with Crippen molar-refractivity contribution in [2.45, 2.75) is 39.0 Å². The Labute approximate surface area is 113 Å². The van der Waals surface area contributed by atoms with Crippen LogP contribution in [0.4, 0.5) is 5.82 Å². The predicted octanol–water partition coefficient (Wildman–Crippen LogP) is 2.79. The molecule has 4 nitrogen and oxygen atoms in total. The van der Waals surface area contributed by atoms with Crippen molar-refractivity contribution in [3.05, 3.63) is 17.0 Å². The highest BCUT2D eigenvalue weighted by atomic mass is 35.5. The molecule has 2 rings (SSSR count). The molecule has 0 spiro atoms. The molecule has 1 aliphatic carbocycles. The molecule has 2 N–H and O–H groups in total. The zero-order chi connectivity index (χ0) is 13.0. The number of aliphatic hydroxyl groups excluding tert-OH is 1. The highest BCUT2D eigenvalue weighted by Gasteiger charge is 2.31. The normalized spacial score (nSPS) is 18.6. The molecular weight excluding hydrogens is 250 g/mol. The number of aryl methyl sites for hydroxylation is 1. The van der Waals surface area contributed by atoms with Crippen LogP contribution in [0.5, 0.6) is 0 Å². The summed E-state index contributed by atoms with van der Waals surface area (Å²) >= 11 is 5.83. The first kappa shape index (κ1) is 13.6. The van der Waals surface area contributed by atoms with Crippen LogP contribution in [0.3, 0.4) is 0 Å². The Morgan fingerprint density at radius 1 is 1.33 bits per heavy atom. The summed E-state index contributed by atoms with van der Waals surface area (Å²) in [6.07, 6.45) is 5.83. The average molecular weight is 270 g/mol. The van der Waals surface area contributed by atoms with Crippen LogP contribution in [0.15, 0.2) is 6.07 Å². The Balaban J connectivity index is 2.00. The first-order valence-electron chi connectivity index (χ1n) is 6.49. The third kappa shape index (κ3) is 3.33. The van der Waals surface area contributed by atoms with Crippen molar-refractivity contribution in [1.29, 1.82) is 0 Å². The summed E-state index contributed by atoms with van der Waals surface area (Å²) in [5.74, 6) is 0.742. The second kappa shape index (κ2) is 5.85. The van der Waals surface area contributed by atoms with Crippen LogP contribution in [-0.2, 0) is 0 Å². The summed E-state index contributed by atoms with van der Waals surface area (Å²) in [4.78, 5) is 8.18. The van der Waals surface area contributed by atoms with Crippen LogP contribution in [0.1, 0.15) is 37.8 Å². The van der Waals surface area contributed by atoms with Crippen molar-refractivity contribution < 1.29 is 5.11 Å². The lowest BCUT2D eigenvalue weighted by Crippen LogP contribution is -2.35. The molecule has 0 radical (unpaired) electrons. The van der Waals surface area contributed by atoms with Crippen LogP contribution in [-0.4, -0.2) is 28.2 Å². The lowest BCUT2D eigenvalue weighted by molar-refractivity contribution is 0.0943. The molecule has 0 atom stereocenters. The molecule has 0 aliphatic heterocycles. The van der Waals surface area contributed by atoms with E-state index in [1.54, 1.807) is 0 Å². The van der Waals surface area contributed by atoms with Crippen molar-refractivity contribution in [3.8, 4) is 0 Å². The van der Waals surface area contributed by atoms with Gasteiger partial charge in [0.1, 0.15) is 5.82 Å². The second-order valence-corrected chi connectivity index (χ2v) is 5.57. The molecular formula is C13H20ClN3O. The molecule has 1 heterocycles. The van der Waals surface area contributed by atoms with Crippen molar-refractivity contribution in [2.24, 2.45) is 5.41 Å². The lowest BCUT2D eigenvalue weighted by atomic mass is 9.74. The Morgan fingerprint density at radius 3 is 2.67 bits per heavy atom. The largest absolute Gasteiger partial charge is 0.396 e. The van der Waals surface area contributed by atoms with Gasteiger partial charge in [-0.2, -0.15) is 0 Å². The van der Waals surface area contributed by atoms with Crippen molar-refractivity contribution in [3.63, 3.8) is 0 Å². The monoisotopic (exact) mass is 269 g/mol. The molecule has 1 aromatic rings. The quantitative estimate of drug-likeness (QED) is 0.826. The number of rotatable bonds is 4. The molecule has 0 bridgehead atoms. The molecule has 0 aromatic carbocycles. The number of nitrogens with zero attached hydrogens (tertiary/aromatic N) is 2.